The molecule has 0 aromatic carbocycles. The van der Waals surface area contributed by atoms with Gasteiger partial charge in [-0.05, 0) is 26.1 Å². The van der Waals surface area contributed by atoms with Crippen LogP contribution in [-0.4, -0.2) is 27.1 Å². The van der Waals surface area contributed by atoms with E-state index in [1.54, 1.807) is 13.8 Å². The second kappa shape index (κ2) is 4.99. The molecule has 2 aromatic rings. The average molecular weight is 285 g/mol. The van der Waals surface area contributed by atoms with Crippen molar-refractivity contribution in [3.63, 3.8) is 0 Å². The van der Waals surface area contributed by atoms with E-state index in [1.165, 1.54) is 4.57 Å². The third kappa shape index (κ3) is 2.34. The first-order valence-electron chi connectivity index (χ1n) is 5.28. The first kappa shape index (κ1) is 12.9. The highest BCUT2D eigenvalue weighted by atomic mass is 32.1. The van der Waals surface area contributed by atoms with Crippen molar-refractivity contribution in [1.29, 1.82) is 0 Å². The van der Waals surface area contributed by atoms with Crippen LogP contribution in [0.15, 0.2) is 4.79 Å². The van der Waals surface area contributed by atoms with E-state index < -0.39 is 5.97 Å². The van der Waals surface area contributed by atoms with Crippen LogP contribution in [0.4, 0.5) is 0 Å². The SMILES string of the molecule is CCOC(=O)Cn1c(=S)sc2c(=O)[nH]c(C)nc21. The van der Waals surface area contributed by atoms with E-state index in [0.29, 0.717) is 26.7 Å². The Morgan fingerprint density at radius 1 is 1.61 bits per heavy atom. The fourth-order valence-electron chi connectivity index (χ4n) is 1.54. The number of rotatable bonds is 3. The molecule has 0 fully saturated rings. The maximum Gasteiger partial charge on any atom is 0.326 e. The summed E-state index contributed by atoms with van der Waals surface area (Å²) in [6.07, 6.45) is 0. The monoisotopic (exact) mass is 285 g/mol. The summed E-state index contributed by atoms with van der Waals surface area (Å²) in [5.74, 6) is 0.0888. The zero-order valence-corrected chi connectivity index (χ0v) is 11.5. The van der Waals surface area contributed by atoms with Gasteiger partial charge in [0.15, 0.2) is 9.60 Å². The molecule has 96 valence electrons. The van der Waals surface area contributed by atoms with E-state index in [9.17, 15) is 9.59 Å². The molecule has 0 saturated carbocycles. The number of hydrogen-bond donors (Lipinski definition) is 1. The molecule has 0 saturated heterocycles. The molecule has 1 N–H and O–H groups in total. The second-order valence-corrected chi connectivity index (χ2v) is 5.21. The predicted molar refractivity (Wildman–Crippen MR) is 70.4 cm³/mol. The van der Waals surface area contributed by atoms with Crippen molar-refractivity contribution in [2.24, 2.45) is 0 Å². The Bertz CT molecular complexity index is 713. The Labute approximate surface area is 111 Å². The van der Waals surface area contributed by atoms with Crippen molar-refractivity contribution in [2.75, 3.05) is 6.61 Å². The van der Waals surface area contributed by atoms with Crippen LogP contribution in [0, 0.1) is 10.9 Å². The summed E-state index contributed by atoms with van der Waals surface area (Å²) >= 11 is 6.28. The van der Waals surface area contributed by atoms with Crippen LogP contribution in [0.2, 0.25) is 0 Å². The van der Waals surface area contributed by atoms with E-state index in [-0.39, 0.29) is 12.1 Å². The maximum absolute atomic E-state index is 11.7. The van der Waals surface area contributed by atoms with Gasteiger partial charge < -0.3 is 9.72 Å². The van der Waals surface area contributed by atoms with Crippen molar-refractivity contribution < 1.29 is 9.53 Å². The minimum Gasteiger partial charge on any atom is -0.465 e. The third-order valence-corrected chi connectivity index (χ3v) is 3.67. The van der Waals surface area contributed by atoms with E-state index in [0.717, 1.165) is 11.3 Å². The molecule has 0 aliphatic carbocycles. The molecule has 2 rings (SSSR count). The summed E-state index contributed by atoms with van der Waals surface area (Å²) < 4.78 is 7.25. The van der Waals surface area contributed by atoms with Gasteiger partial charge in [0.2, 0.25) is 0 Å². The third-order valence-electron chi connectivity index (χ3n) is 2.24. The van der Waals surface area contributed by atoms with Gasteiger partial charge in [-0.3, -0.25) is 14.2 Å². The van der Waals surface area contributed by atoms with Crippen LogP contribution >= 0.6 is 23.6 Å². The van der Waals surface area contributed by atoms with Gasteiger partial charge in [-0.15, -0.1) is 0 Å². The molecule has 0 atom stereocenters. The summed E-state index contributed by atoms with van der Waals surface area (Å²) in [5.41, 5.74) is 0.190. The first-order chi connectivity index (χ1) is 8.52. The van der Waals surface area contributed by atoms with Crippen molar-refractivity contribution in [1.82, 2.24) is 14.5 Å². The van der Waals surface area contributed by atoms with Gasteiger partial charge >= 0.3 is 5.97 Å². The number of aromatic nitrogens is 3. The Morgan fingerprint density at radius 2 is 2.33 bits per heavy atom. The van der Waals surface area contributed by atoms with Crippen LogP contribution in [-0.2, 0) is 16.1 Å². The first-order valence-corrected chi connectivity index (χ1v) is 6.51. The van der Waals surface area contributed by atoms with Crippen molar-refractivity contribution in [3.8, 4) is 0 Å². The topological polar surface area (TPSA) is 77.0 Å². The number of hydrogen-bond acceptors (Lipinski definition) is 6. The molecule has 6 nitrogen and oxygen atoms in total. The van der Waals surface area contributed by atoms with Gasteiger partial charge in [0.1, 0.15) is 17.1 Å². The van der Waals surface area contributed by atoms with Crippen LogP contribution < -0.4 is 5.56 Å². The molecular weight excluding hydrogens is 274 g/mol. The lowest BCUT2D eigenvalue weighted by atomic mass is 10.5. The van der Waals surface area contributed by atoms with Gasteiger partial charge in [0.25, 0.3) is 5.56 Å². The van der Waals surface area contributed by atoms with Gasteiger partial charge in [-0.2, -0.15) is 0 Å². The molecule has 0 bridgehead atoms. The number of fused-ring (bicyclic) bond motifs is 1. The molecule has 0 amide bonds. The summed E-state index contributed by atoms with van der Waals surface area (Å²) in [6, 6.07) is 0. The second-order valence-electron chi connectivity index (χ2n) is 3.56. The van der Waals surface area contributed by atoms with Crippen LogP contribution in [0.5, 0.6) is 0 Å². The molecule has 2 aromatic heterocycles. The highest BCUT2D eigenvalue weighted by Gasteiger charge is 2.13. The summed E-state index contributed by atoms with van der Waals surface area (Å²) in [5, 5.41) is 0. The zero-order chi connectivity index (χ0) is 13.3. The highest BCUT2D eigenvalue weighted by molar-refractivity contribution is 7.73. The Kier molecular flexibility index (Phi) is 3.58. The van der Waals surface area contributed by atoms with Crippen molar-refractivity contribution in [2.45, 2.75) is 20.4 Å². The molecule has 0 aliphatic heterocycles. The number of carbonyl (C=O) groups excluding carboxylic acids is 1. The quantitative estimate of drug-likeness (QED) is 0.681. The number of ether oxygens (including phenoxy) is 1. The minimum absolute atomic E-state index is 0.0252. The molecule has 2 heterocycles. The van der Waals surface area contributed by atoms with Crippen LogP contribution in [0.1, 0.15) is 12.7 Å². The van der Waals surface area contributed by atoms with Crippen molar-refractivity contribution in [3.05, 3.63) is 20.1 Å². The van der Waals surface area contributed by atoms with Gasteiger partial charge in [0.05, 0.1) is 6.61 Å². The smallest absolute Gasteiger partial charge is 0.326 e. The standard InChI is InChI=1S/C10H11N3O3S2/c1-3-16-6(14)4-13-8-7(18-10(13)17)9(15)12-5(2)11-8/h3-4H2,1-2H3,(H,11,12,15). The average Bonchev–Trinajstić information content (AvgIpc) is 2.58. The number of aryl methyl sites for hydroxylation is 1. The predicted octanol–water partition coefficient (Wildman–Crippen LogP) is 1.39. The van der Waals surface area contributed by atoms with Crippen molar-refractivity contribution >= 4 is 39.9 Å². The number of nitrogens with zero attached hydrogens (tertiary/aromatic N) is 2. The summed E-state index contributed by atoms with van der Waals surface area (Å²) in [6.45, 7) is 3.69. The fourth-order valence-corrected chi connectivity index (χ4v) is 2.77. The number of thiazole rings is 1. The van der Waals surface area contributed by atoms with Gasteiger partial charge in [0, 0.05) is 0 Å². The number of H-pyrrole nitrogens is 1. The summed E-state index contributed by atoms with van der Waals surface area (Å²) in [7, 11) is 0. The number of carbonyl (C=O) groups is 1. The number of esters is 1. The molecule has 0 radical (unpaired) electrons. The zero-order valence-electron chi connectivity index (χ0n) is 9.85. The minimum atomic E-state index is -0.395. The lowest BCUT2D eigenvalue weighted by Crippen LogP contribution is -2.15. The number of aromatic amines is 1. The highest BCUT2D eigenvalue weighted by Crippen LogP contribution is 2.17. The van der Waals surface area contributed by atoms with Crippen LogP contribution in [0.25, 0.3) is 10.3 Å². The lowest BCUT2D eigenvalue weighted by molar-refractivity contribution is -0.143. The molecule has 0 aliphatic rings. The fraction of sp³-hybridized carbons (Fsp3) is 0.400. The molecule has 0 spiro atoms. The molecular formula is C10H11N3O3S2. The normalized spacial score (nSPS) is 10.8. The van der Waals surface area contributed by atoms with E-state index in [4.69, 9.17) is 17.0 Å². The van der Waals surface area contributed by atoms with Crippen LogP contribution in [0.3, 0.4) is 0 Å². The Hall–Kier alpha value is -1.54. The Morgan fingerprint density at radius 3 is 3.00 bits per heavy atom. The largest absolute Gasteiger partial charge is 0.465 e. The molecule has 18 heavy (non-hydrogen) atoms. The van der Waals surface area contributed by atoms with E-state index in [1.807, 2.05) is 0 Å². The molecule has 8 heteroatoms. The Balaban J connectivity index is 2.57. The van der Waals surface area contributed by atoms with E-state index in [2.05, 4.69) is 9.97 Å². The maximum atomic E-state index is 11.7. The van der Waals surface area contributed by atoms with Gasteiger partial charge in [-0.1, -0.05) is 11.3 Å². The molecule has 0 unspecified atom stereocenters. The van der Waals surface area contributed by atoms with Gasteiger partial charge in [-0.25, -0.2) is 4.98 Å². The summed E-state index contributed by atoms with van der Waals surface area (Å²) in [4.78, 5) is 30.0. The lowest BCUT2D eigenvalue weighted by Gasteiger charge is -2.04. The van der Waals surface area contributed by atoms with E-state index >= 15 is 0 Å². The number of nitrogens with one attached hydrogen (secondary N) is 1.